The molecule has 0 amide bonds. The van der Waals surface area contributed by atoms with Gasteiger partial charge in [0.2, 0.25) is 0 Å². The molecule has 21 heavy (non-hydrogen) atoms. The van der Waals surface area contributed by atoms with Gasteiger partial charge in [0.05, 0.1) is 5.60 Å². The van der Waals surface area contributed by atoms with Crippen molar-refractivity contribution < 1.29 is 4.74 Å². The summed E-state index contributed by atoms with van der Waals surface area (Å²) in [5.41, 5.74) is -0.0528. The fourth-order valence-corrected chi connectivity index (χ4v) is 3.15. The Labute approximate surface area is 134 Å². The average molecular weight is 300 g/mol. The van der Waals surface area contributed by atoms with Crippen LogP contribution in [0.1, 0.15) is 98.3 Å². The van der Waals surface area contributed by atoms with Gasteiger partial charge in [-0.3, -0.25) is 0 Å². The highest BCUT2D eigenvalue weighted by molar-refractivity contribution is 4.84. The van der Waals surface area contributed by atoms with Gasteiger partial charge in [-0.05, 0) is 34.2 Å². The van der Waals surface area contributed by atoms with Gasteiger partial charge < -0.3 is 10.1 Å². The first-order valence-electron chi connectivity index (χ1n) is 9.39. The fraction of sp³-hybridized carbons (Fsp3) is 1.00. The second-order valence-electron chi connectivity index (χ2n) is 6.85. The molecule has 0 fully saturated rings. The monoisotopic (exact) mass is 299 g/mol. The van der Waals surface area contributed by atoms with Gasteiger partial charge in [-0.15, -0.1) is 0 Å². The van der Waals surface area contributed by atoms with Gasteiger partial charge in [0.1, 0.15) is 0 Å². The molecule has 1 atom stereocenters. The number of ether oxygens (including phenoxy) is 1. The highest BCUT2D eigenvalue weighted by Gasteiger charge is 2.27. The first-order valence-corrected chi connectivity index (χ1v) is 9.39. The third-order valence-electron chi connectivity index (χ3n) is 4.55. The zero-order chi connectivity index (χ0) is 16.0. The van der Waals surface area contributed by atoms with Crippen LogP contribution in [0.15, 0.2) is 0 Å². The summed E-state index contributed by atoms with van der Waals surface area (Å²) in [6.45, 7) is 9.56. The topological polar surface area (TPSA) is 21.3 Å². The smallest absolute Gasteiger partial charge is 0.0778 e. The van der Waals surface area contributed by atoms with Gasteiger partial charge in [0.15, 0.2) is 0 Å². The summed E-state index contributed by atoms with van der Waals surface area (Å²) in [5.74, 6) is 0. The number of likely N-dealkylation sites (N-methyl/N-ethyl adjacent to an activating group) is 1. The Morgan fingerprint density at radius 3 is 1.71 bits per heavy atom. The Morgan fingerprint density at radius 2 is 1.29 bits per heavy atom. The largest absolute Gasteiger partial charge is 0.374 e. The van der Waals surface area contributed by atoms with E-state index < -0.39 is 0 Å². The third kappa shape index (κ3) is 11.2. The van der Waals surface area contributed by atoms with Crippen molar-refractivity contribution in [1.29, 1.82) is 0 Å². The third-order valence-corrected chi connectivity index (χ3v) is 4.55. The standard InChI is InChI=1S/C19H41NO/c1-6-8-9-10-11-12-13-14-15-16-17-18(20-5)19(3,4)21-7-2/h18,20H,6-17H2,1-5H3. The van der Waals surface area contributed by atoms with E-state index in [0.29, 0.717) is 6.04 Å². The van der Waals surface area contributed by atoms with Crippen molar-refractivity contribution in [2.45, 2.75) is 110 Å². The predicted molar refractivity (Wildman–Crippen MR) is 95.0 cm³/mol. The summed E-state index contributed by atoms with van der Waals surface area (Å²) in [4.78, 5) is 0. The molecular weight excluding hydrogens is 258 g/mol. The minimum Gasteiger partial charge on any atom is -0.374 e. The van der Waals surface area contributed by atoms with E-state index >= 15 is 0 Å². The summed E-state index contributed by atoms with van der Waals surface area (Å²) < 4.78 is 5.86. The van der Waals surface area contributed by atoms with E-state index in [-0.39, 0.29) is 5.60 Å². The van der Waals surface area contributed by atoms with E-state index in [4.69, 9.17) is 4.74 Å². The van der Waals surface area contributed by atoms with E-state index in [1.807, 2.05) is 0 Å². The highest BCUT2D eigenvalue weighted by atomic mass is 16.5. The second kappa shape index (κ2) is 13.6. The lowest BCUT2D eigenvalue weighted by atomic mass is 9.93. The molecule has 128 valence electrons. The van der Waals surface area contributed by atoms with Crippen LogP contribution >= 0.6 is 0 Å². The van der Waals surface area contributed by atoms with Crippen LogP contribution in [-0.4, -0.2) is 25.3 Å². The van der Waals surface area contributed by atoms with Gasteiger partial charge >= 0.3 is 0 Å². The molecule has 2 heteroatoms. The SMILES string of the molecule is CCCCCCCCCCCCC(NC)C(C)(C)OCC. The van der Waals surface area contributed by atoms with E-state index in [1.165, 1.54) is 70.6 Å². The van der Waals surface area contributed by atoms with Crippen LogP contribution in [-0.2, 0) is 4.74 Å². The Bertz CT molecular complexity index is 216. The molecule has 0 aromatic rings. The molecule has 2 nitrogen and oxygen atoms in total. The van der Waals surface area contributed by atoms with Crippen LogP contribution < -0.4 is 5.32 Å². The summed E-state index contributed by atoms with van der Waals surface area (Å²) in [5, 5.41) is 3.43. The number of unbranched alkanes of at least 4 members (excludes halogenated alkanes) is 9. The van der Waals surface area contributed by atoms with Crippen LogP contribution in [0.2, 0.25) is 0 Å². The van der Waals surface area contributed by atoms with Crippen molar-refractivity contribution in [2.24, 2.45) is 0 Å². The van der Waals surface area contributed by atoms with Crippen molar-refractivity contribution in [3.05, 3.63) is 0 Å². The van der Waals surface area contributed by atoms with Crippen LogP contribution in [0, 0.1) is 0 Å². The molecule has 0 saturated carbocycles. The maximum atomic E-state index is 5.86. The maximum absolute atomic E-state index is 5.86. The van der Waals surface area contributed by atoms with E-state index in [1.54, 1.807) is 0 Å². The van der Waals surface area contributed by atoms with Crippen LogP contribution in [0.4, 0.5) is 0 Å². The molecule has 0 aromatic heterocycles. The second-order valence-corrected chi connectivity index (χ2v) is 6.85. The van der Waals surface area contributed by atoms with Crippen molar-refractivity contribution in [1.82, 2.24) is 5.32 Å². The molecule has 0 bridgehead atoms. The number of nitrogens with one attached hydrogen (secondary N) is 1. The van der Waals surface area contributed by atoms with E-state index in [9.17, 15) is 0 Å². The molecule has 0 aromatic carbocycles. The summed E-state index contributed by atoms with van der Waals surface area (Å²) in [6, 6.07) is 0.464. The molecule has 1 N–H and O–H groups in total. The fourth-order valence-electron chi connectivity index (χ4n) is 3.15. The molecule has 0 heterocycles. The highest BCUT2D eigenvalue weighted by Crippen LogP contribution is 2.20. The molecule has 1 unspecified atom stereocenters. The Balaban J connectivity index is 3.52. The quantitative estimate of drug-likeness (QED) is 0.392. The van der Waals surface area contributed by atoms with Crippen molar-refractivity contribution in [3.8, 4) is 0 Å². The summed E-state index contributed by atoms with van der Waals surface area (Å²) in [6.07, 6.45) is 15.3. The minimum atomic E-state index is -0.0528. The van der Waals surface area contributed by atoms with E-state index in [0.717, 1.165) is 6.61 Å². The van der Waals surface area contributed by atoms with Crippen molar-refractivity contribution in [3.63, 3.8) is 0 Å². The van der Waals surface area contributed by atoms with Gasteiger partial charge in [-0.25, -0.2) is 0 Å². The van der Waals surface area contributed by atoms with Crippen molar-refractivity contribution in [2.75, 3.05) is 13.7 Å². The van der Waals surface area contributed by atoms with Crippen LogP contribution in [0.25, 0.3) is 0 Å². The molecule has 0 radical (unpaired) electrons. The molecular formula is C19H41NO. The van der Waals surface area contributed by atoms with Crippen LogP contribution in [0.5, 0.6) is 0 Å². The zero-order valence-electron chi connectivity index (χ0n) is 15.5. The summed E-state index contributed by atoms with van der Waals surface area (Å²) >= 11 is 0. The maximum Gasteiger partial charge on any atom is 0.0778 e. The van der Waals surface area contributed by atoms with Gasteiger partial charge in [-0.1, -0.05) is 71.1 Å². The first kappa shape index (κ1) is 20.9. The minimum absolute atomic E-state index is 0.0528. The molecule has 0 spiro atoms. The van der Waals surface area contributed by atoms with Gasteiger partial charge in [0, 0.05) is 12.6 Å². The lowest BCUT2D eigenvalue weighted by Gasteiger charge is -2.34. The summed E-state index contributed by atoms with van der Waals surface area (Å²) in [7, 11) is 2.06. The Morgan fingerprint density at radius 1 is 0.810 bits per heavy atom. The van der Waals surface area contributed by atoms with Crippen LogP contribution in [0.3, 0.4) is 0 Å². The molecule has 0 aliphatic heterocycles. The van der Waals surface area contributed by atoms with Crippen molar-refractivity contribution >= 4 is 0 Å². The lowest BCUT2D eigenvalue weighted by Crippen LogP contribution is -2.47. The van der Waals surface area contributed by atoms with E-state index in [2.05, 4.69) is 40.1 Å². The lowest BCUT2D eigenvalue weighted by molar-refractivity contribution is -0.0388. The molecule has 0 aliphatic rings. The number of rotatable bonds is 15. The predicted octanol–water partition coefficient (Wildman–Crippen LogP) is 5.70. The normalized spacial score (nSPS) is 13.6. The molecule has 0 saturated heterocycles. The molecule has 0 aliphatic carbocycles. The number of hydrogen-bond donors (Lipinski definition) is 1. The van der Waals surface area contributed by atoms with Gasteiger partial charge in [-0.2, -0.15) is 0 Å². The number of hydrogen-bond acceptors (Lipinski definition) is 2. The first-order chi connectivity index (χ1) is 10.1. The Kier molecular flexibility index (Phi) is 13.5. The molecule has 0 rings (SSSR count). The average Bonchev–Trinajstić information content (AvgIpc) is 2.44. The van der Waals surface area contributed by atoms with Gasteiger partial charge in [0.25, 0.3) is 0 Å². The Hall–Kier alpha value is -0.0800. The zero-order valence-corrected chi connectivity index (χ0v) is 15.5.